The highest BCUT2D eigenvalue weighted by Crippen LogP contribution is 2.26. The number of rotatable bonds is 4. The molecule has 0 saturated heterocycles. The Morgan fingerprint density at radius 3 is 1.74 bits per heavy atom. The fourth-order valence-corrected chi connectivity index (χ4v) is 1.99. The largest absolute Gasteiger partial charge is 0.478 e. The first-order chi connectivity index (χ1) is 9.24. The minimum Gasteiger partial charge on any atom is -0.478 e. The van der Waals surface area contributed by atoms with Crippen LogP contribution < -0.4 is 0 Å². The molecule has 96 valence electrons. The molecular formula is C16H14O3. The summed E-state index contributed by atoms with van der Waals surface area (Å²) in [5, 5.41) is 19.0. The van der Waals surface area contributed by atoms with Crippen LogP contribution in [0.5, 0.6) is 0 Å². The van der Waals surface area contributed by atoms with E-state index in [0.29, 0.717) is 16.7 Å². The zero-order chi connectivity index (χ0) is 13.7. The summed E-state index contributed by atoms with van der Waals surface area (Å²) < 4.78 is 0. The number of aliphatic hydroxyl groups is 1. The lowest BCUT2D eigenvalue weighted by Crippen LogP contribution is -2.06. The molecule has 0 amide bonds. The minimum absolute atomic E-state index is 0.134. The molecule has 2 aromatic carbocycles. The molecule has 0 bridgehead atoms. The third kappa shape index (κ3) is 2.89. The van der Waals surface area contributed by atoms with E-state index in [9.17, 15) is 15.0 Å². The second-order valence-corrected chi connectivity index (χ2v) is 4.05. The topological polar surface area (TPSA) is 57.5 Å². The molecule has 2 aromatic rings. The lowest BCUT2D eigenvalue weighted by molar-refractivity contribution is -0.130. The molecular weight excluding hydrogens is 240 g/mol. The van der Waals surface area contributed by atoms with Crippen LogP contribution in [0.4, 0.5) is 0 Å². The van der Waals surface area contributed by atoms with Crippen molar-refractivity contribution in [2.24, 2.45) is 0 Å². The maximum atomic E-state index is 11.5. The predicted molar refractivity (Wildman–Crippen MR) is 74.4 cm³/mol. The van der Waals surface area contributed by atoms with Gasteiger partial charge in [-0.2, -0.15) is 0 Å². The molecule has 0 radical (unpaired) electrons. The van der Waals surface area contributed by atoms with Crippen molar-refractivity contribution in [3.8, 4) is 0 Å². The van der Waals surface area contributed by atoms with Crippen molar-refractivity contribution < 1.29 is 15.0 Å². The summed E-state index contributed by atoms with van der Waals surface area (Å²) in [4.78, 5) is 11.5. The van der Waals surface area contributed by atoms with Gasteiger partial charge in [-0.25, -0.2) is 4.79 Å². The number of hydrogen-bond donors (Lipinski definition) is 2. The number of aliphatic carboxylic acids is 1. The Balaban J connectivity index is 2.64. The Morgan fingerprint density at radius 1 is 0.842 bits per heavy atom. The molecule has 0 aliphatic carbocycles. The first kappa shape index (κ1) is 13.1. The molecule has 0 fully saturated rings. The van der Waals surface area contributed by atoms with E-state index in [1.54, 1.807) is 36.4 Å². The molecule has 0 aliphatic rings. The van der Waals surface area contributed by atoms with Gasteiger partial charge in [0.2, 0.25) is 0 Å². The van der Waals surface area contributed by atoms with Crippen LogP contribution in [0.15, 0.2) is 60.7 Å². The van der Waals surface area contributed by atoms with Gasteiger partial charge in [-0.15, -0.1) is 0 Å². The third-order valence-electron chi connectivity index (χ3n) is 2.86. The fraction of sp³-hybridized carbons (Fsp3) is 0.0625. The molecule has 0 saturated carbocycles. The van der Waals surface area contributed by atoms with E-state index < -0.39 is 5.97 Å². The van der Waals surface area contributed by atoms with Crippen LogP contribution in [-0.4, -0.2) is 22.8 Å². The van der Waals surface area contributed by atoms with Crippen molar-refractivity contribution in [3.05, 3.63) is 71.8 Å². The van der Waals surface area contributed by atoms with Gasteiger partial charge in [0.25, 0.3) is 0 Å². The second-order valence-electron chi connectivity index (χ2n) is 4.05. The quantitative estimate of drug-likeness (QED) is 0.651. The summed E-state index contributed by atoms with van der Waals surface area (Å²) >= 11 is 0. The average Bonchev–Trinajstić information content (AvgIpc) is 2.46. The van der Waals surface area contributed by atoms with Gasteiger partial charge in [-0.05, 0) is 16.7 Å². The highest BCUT2D eigenvalue weighted by atomic mass is 16.4. The van der Waals surface area contributed by atoms with Crippen LogP contribution in [-0.2, 0) is 4.79 Å². The van der Waals surface area contributed by atoms with Gasteiger partial charge in [0.1, 0.15) is 0 Å². The lowest BCUT2D eigenvalue weighted by atomic mass is 9.95. The van der Waals surface area contributed by atoms with Crippen molar-refractivity contribution in [1.29, 1.82) is 0 Å². The number of benzene rings is 2. The molecule has 0 aromatic heterocycles. The van der Waals surface area contributed by atoms with Crippen molar-refractivity contribution in [3.63, 3.8) is 0 Å². The zero-order valence-electron chi connectivity index (χ0n) is 10.3. The second kappa shape index (κ2) is 5.98. The van der Waals surface area contributed by atoms with Gasteiger partial charge < -0.3 is 10.2 Å². The smallest absolute Gasteiger partial charge is 0.336 e. The fourth-order valence-electron chi connectivity index (χ4n) is 1.99. The SMILES string of the molecule is O=C(O)/C(=C(\CO)c1ccccc1)c1ccccc1. The van der Waals surface area contributed by atoms with E-state index in [0.717, 1.165) is 0 Å². The van der Waals surface area contributed by atoms with E-state index >= 15 is 0 Å². The summed E-state index contributed by atoms with van der Waals surface area (Å²) in [6.45, 7) is -0.319. The Hall–Kier alpha value is -2.39. The summed E-state index contributed by atoms with van der Waals surface area (Å²) in [5.41, 5.74) is 1.85. The van der Waals surface area contributed by atoms with Gasteiger partial charge in [0.05, 0.1) is 12.2 Å². The summed E-state index contributed by atoms with van der Waals surface area (Å²) in [5.74, 6) is -1.04. The third-order valence-corrected chi connectivity index (χ3v) is 2.86. The maximum Gasteiger partial charge on any atom is 0.336 e. The number of carboxylic acids is 1. The molecule has 3 nitrogen and oxygen atoms in total. The highest BCUT2D eigenvalue weighted by molar-refractivity contribution is 6.23. The van der Waals surface area contributed by atoms with Crippen LogP contribution in [0.3, 0.4) is 0 Å². The van der Waals surface area contributed by atoms with Crippen LogP contribution in [0.2, 0.25) is 0 Å². The van der Waals surface area contributed by atoms with Crippen LogP contribution >= 0.6 is 0 Å². The Kier molecular flexibility index (Phi) is 4.11. The summed E-state index contributed by atoms with van der Waals surface area (Å²) in [7, 11) is 0. The Morgan fingerprint density at radius 2 is 1.32 bits per heavy atom. The summed E-state index contributed by atoms with van der Waals surface area (Å²) in [6.07, 6.45) is 0. The van der Waals surface area contributed by atoms with E-state index in [-0.39, 0.29) is 12.2 Å². The first-order valence-corrected chi connectivity index (χ1v) is 5.92. The number of hydrogen-bond acceptors (Lipinski definition) is 2. The van der Waals surface area contributed by atoms with Crippen LogP contribution in [0.25, 0.3) is 11.1 Å². The Bertz CT molecular complexity index is 586. The number of aliphatic hydroxyl groups excluding tert-OH is 1. The van der Waals surface area contributed by atoms with Gasteiger partial charge in [-0.1, -0.05) is 60.7 Å². The molecule has 0 spiro atoms. The maximum absolute atomic E-state index is 11.5. The molecule has 19 heavy (non-hydrogen) atoms. The highest BCUT2D eigenvalue weighted by Gasteiger charge is 2.17. The predicted octanol–water partition coefficient (Wildman–Crippen LogP) is 2.67. The van der Waals surface area contributed by atoms with Gasteiger partial charge in [0.15, 0.2) is 0 Å². The standard InChI is InChI=1S/C16H14O3/c17-11-14(12-7-3-1-4-8-12)15(16(18)19)13-9-5-2-6-10-13/h1-10,17H,11H2,(H,18,19)/b15-14+. The van der Waals surface area contributed by atoms with Crippen LogP contribution in [0, 0.1) is 0 Å². The molecule has 0 atom stereocenters. The van der Waals surface area contributed by atoms with E-state index in [4.69, 9.17) is 0 Å². The molecule has 2 N–H and O–H groups in total. The van der Waals surface area contributed by atoms with E-state index in [1.165, 1.54) is 0 Å². The molecule has 0 aliphatic heterocycles. The number of carbonyl (C=O) groups is 1. The van der Waals surface area contributed by atoms with Gasteiger partial charge >= 0.3 is 5.97 Å². The number of carboxylic acid groups (broad SMARTS) is 1. The van der Waals surface area contributed by atoms with Gasteiger partial charge in [-0.3, -0.25) is 0 Å². The molecule has 0 unspecified atom stereocenters. The van der Waals surface area contributed by atoms with E-state index in [2.05, 4.69) is 0 Å². The Labute approximate surface area is 111 Å². The van der Waals surface area contributed by atoms with Gasteiger partial charge in [0, 0.05) is 0 Å². The van der Waals surface area contributed by atoms with Crippen molar-refractivity contribution in [1.82, 2.24) is 0 Å². The average molecular weight is 254 g/mol. The summed E-state index contributed by atoms with van der Waals surface area (Å²) in [6, 6.07) is 17.9. The van der Waals surface area contributed by atoms with Crippen LogP contribution in [0.1, 0.15) is 11.1 Å². The minimum atomic E-state index is -1.04. The van der Waals surface area contributed by atoms with Crippen molar-refractivity contribution in [2.75, 3.05) is 6.61 Å². The zero-order valence-corrected chi connectivity index (χ0v) is 10.3. The monoisotopic (exact) mass is 254 g/mol. The molecule has 3 heteroatoms. The van der Waals surface area contributed by atoms with E-state index in [1.807, 2.05) is 24.3 Å². The first-order valence-electron chi connectivity index (χ1n) is 5.92. The van der Waals surface area contributed by atoms with Crippen molar-refractivity contribution >= 4 is 17.1 Å². The van der Waals surface area contributed by atoms with Crippen molar-refractivity contribution in [2.45, 2.75) is 0 Å². The molecule has 2 rings (SSSR count). The normalized spacial score (nSPS) is 11.8. The molecule has 0 heterocycles. The lowest BCUT2D eigenvalue weighted by Gasteiger charge is -2.11.